The zero-order chi connectivity index (χ0) is 22.0. The van der Waals surface area contributed by atoms with Crippen molar-refractivity contribution < 1.29 is 19.0 Å². The summed E-state index contributed by atoms with van der Waals surface area (Å²) >= 11 is 0. The minimum Gasteiger partial charge on any atom is -0.497 e. The van der Waals surface area contributed by atoms with Crippen LogP contribution < -0.4 is 19.5 Å². The maximum atomic E-state index is 12.6. The van der Waals surface area contributed by atoms with E-state index in [1.165, 1.54) is 16.7 Å². The molecule has 4 rings (SSSR count). The van der Waals surface area contributed by atoms with Crippen LogP contribution in [0.4, 0.5) is 0 Å². The maximum Gasteiger partial charge on any atom is 0.223 e. The molecular formula is C25H32N2O4. The van der Waals surface area contributed by atoms with Gasteiger partial charge in [0.05, 0.1) is 27.4 Å². The monoisotopic (exact) mass is 424 g/mol. The van der Waals surface area contributed by atoms with Crippen LogP contribution in [0.2, 0.25) is 0 Å². The van der Waals surface area contributed by atoms with E-state index in [1.807, 2.05) is 12.1 Å². The molecule has 1 N–H and O–H groups in total. The molecule has 1 aliphatic carbocycles. The van der Waals surface area contributed by atoms with Gasteiger partial charge < -0.3 is 19.5 Å². The lowest BCUT2D eigenvalue weighted by Crippen LogP contribution is -2.47. The fourth-order valence-electron chi connectivity index (χ4n) is 4.56. The van der Waals surface area contributed by atoms with E-state index in [1.54, 1.807) is 21.3 Å². The summed E-state index contributed by atoms with van der Waals surface area (Å²) in [5, 5.41) is 3.28. The normalized spacial score (nSPS) is 19.3. The summed E-state index contributed by atoms with van der Waals surface area (Å²) in [4.78, 5) is 15.0. The highest BCUT2D eigenvalue weighted by molar-refractivity contribution is 5.81. The fraction of sp³-hybridized carbons (Fsp3) is 0.480. The lowest BCUT2D eigenvalue weighted by Gasteiger charge is -2.41. The van der Waals surface area contributed by atoms with Gasteiger partial charge in [-0.1, -0.05) is 12.1 Å². The van der Waals surface area contributed by atoms with Gasteiger partial charge in [-0.15, -0.1) is 0 Å². The Morgan fingerprint density at radius 2 is 1.84 bits per heavy atom. The first-order chi connectivity index (χ1) is 15.0. The first-order valence-electron chi connectivity index (χ1n) is 11.0. The number of amides is 1. The van der Waals surface area contributed by atoms with E-state index in [4.69, 9.17) is 14.2 Å². The molecule has 2 aromatic carbocycles. The van der Waals surface area contributed by atoms with Gasteiger partial charge in [-0.25, -0.2) is 0 Å². The molecule has 0 bridgehead atoms. The Bertz CT molecular complexity index is 941. The lowest BCUT2D eigenvalue weighted by molar-refractivity contribution is -0.123. The zero-order valence-corrected chi connectivity index (χ0v) is 18.8. The van der Waals surface area contributed by atoms with Crippen molar-refractivity contribution in [2.24, 2.45) is 5.92 Å². The summed E-state index contributed by atoms with van der Waals surface area (Å²) in [6, 6.07) is 12.4. The molecule has 2 aliphatic rings. The van der Waals surface area contributed by atoms with Crippen LogP contribution in [-0.2, 0) is 17.8 Å². The van der Waals surface area contributed by atoms with E-state index in [2.05, 4.69) is 41.4 Å². The molecule has 0 radical (unpaired) electrons. The molecule has 31 heavy (non-hydrogen) atoms. The molecule has 0 spiro atoms. The predicted octanol–water partition coefficient (Wildman–Crippen LogP) is 3.73. The van der Waals surface area contributed by atoms with Crippen LogP contribution >= 0.6 is 0 Å². The van der Waals surface area contributed by atoms with Crippen LogP contribution in [0.1, 0.15) is 42.5 Å². The second-order valence-corrected chi connectivity index (χ2v) is 8.49. The van der Waals surface area contributed by atoms with Crippen LogP contribution in [0.3, 0.4) is 0 Å². The van der Waals surface area contributed by atoms with Crippen LogP contribution in [-0.4, -0.2) is 44.7 Å². The fourth-order valence-corrected chi connectivity index (χ4v) is 4.56. The summed E-state index contributed by atoms with van der Waals surface area (Å²) in [7, 11) is 5.01. The molecular weight excluding hydrogens is 392 g/mol. The number of carbonyl (C=O) groups excluding carboxylic acids is 1. The van der Waals surface area contributed by atoms with Gasteiger partial charge in [-0.2, -0.15) is 0 Å². The molecule has 0 aromatic heterocycles. The lowest BCUT2D eigenvalue weighted by atomic mass is 9.87. The molecule has 0 unspecified atom stereocenters. The quantitative estimate of drug-likeness (QED) is 0.700. The number of hydrogen-bond donors (Lipinski definition) is 1. The topological polar surface area (TPSA) is 60.0 Å². The Balaban J connectivity index is 1.67. The Morgan fingerprint density at radius 3 is 2.52 bits per heavy atom. The smallest absolute Gasteiger partial charge is 0.223 e. The van der Waals surface area contributed by atoms with Gasteiger partial charge in [-0.05, 0) is 67.1 Å². The van der Waals surface area contributed by atoms with Crippen molar-refractivity contribution in [2.75, 3.05) is 27.9 Å². The van der Waals surface area contributed by atoms with E-state index in [0.717, 1.165) is 49.6 Å². The average Bonchev–Trinajstić information content (AvgIpc) is 3.63. The van der Waals surface area contributed by atoms with Gasteiger partial charge in [0, 0.05) is 25.0 Å². The molecule has 2 atom stereocenters. The number of nitrogens with zero attached hydrogens (tertiary/aromatic N) is 1. The Kier molecular flexibility index (Phi) is 6.37. The largest absolute Gasteiger partial charge is 0.497 e. The Hall–Kier alpha value is -2.73. The summed E-state index contributed by atoms with van der Waals surface area (Å²) in [5.74, 6) is 2.67. The highest BCUT2D eigenvalue weighted by Gasteiger charge is 2.36. The molecule has 6 nitrogen and oxygen atoms in total. The second-order valence-electron chi connectivity index (χ2n) is 8.49. The Labute approximate surface area is 184 Å². The van der Waals surface area contributed by atoms with E-state index in [0.29, 0.717) is 0 Å². The van der Waals surface area contributed by atoms with Crippen LogP contribution in [0, 0.1) is 5.92 Å². The highest BCUT2D eigenvalue weighted by Crippen LogP contribution is 2.40. The summed E-state index contributed by atoms with van der Waals surface area (Å²) in [6.45, 7) is 3.78. The molecule has 1 amide bonds. The number of rotatable bonds is 8. The second kappa shape index (κ2) is 9.18. The van der Waals surface area contributed by atoms with Crippen molar-refractivity contribution in [3.05, 3.63) is 53.1 Å². The maximum absolute atomic E-state index is 12.6. The summed E-state index contributed by atoms with van der Waals surface area (Å²) in [6.07, 6.45) is 2.91. The zero-order valence-electron chi connectivity index (χ0n) is 18.8. The number of carbonyl (C=O) groups is 1. The molecule has 1 aliphatic heterocycles. The van der Waals surface area contributed by atoms with Gasteiger partial charge in [0.2, 0.25) is 5.91 Å². The molecule has 6 heteroatoms. The van der Waals surface area contributed by atoms with Crippen LogP contribution in [0.25, 0.3) is 0 Å². The Morgan fingerprint density at radius 1 is 1.10 bits per heavy atom. The van der Waals surface area contributed by atoms with Gasteiger partial charge in [-0.3, -0.25) is 9.69 Å². The van der Waals surface area contributed by atoms with E-state index in [9.17, 15) is 4.79 Å². The van der Waals surface area contributed by atoms with Crippen molar-refractivity contribution >= 4 is 5.91 Å². The van der Waals surface area contributed by atoms with Crippen molar-refractivity contribution in [3.8, 4) is 17.2 Å². The molecule has 1 fully saturated rings. The first-order valence-corrected chi connectivity index (χ1v) is 11.0. The van der Waals surface area contributed by atoms with Crippen LogP contribution in [0.5, 0.6) is 17.2 Å². The third-order valence-electron chi connectivity index (χ3n) is 6.34. The number of benzene rings is 2. The minimum atomic E-state index is -0.0316. The number of ether oxygens (including phenoxy) is 3. The van der Waals surface area contributed by atoms with Crippen molar-refractivity contribution in [2.45, 2.75) is 44.8 Å². The third-order valence-corrected chi connectivity index (χ3v) is 6.34. The molecule has 166 valence electrons. The van der Waals surface area contributed by atoms with E-state index in [-0.39, 0.29) is 23.9 Å². The van der Waals surface area contributed by atoms with Crippen LogP contribution in [0.15, 0.2) is 36.4 Å². The van der Waals surface area contributed by atoms with Gasteiger partial charge in [0.1, 0.15) is 5.75 Å². The summed E-state index contributed by atoms with van der Waals surface area (Å²) < 4.78 is 16.5. The SMILES string of the molecule is COc1cccc(CN2CCc3cc(OC)c(OC)cc3[C@@H]2[C@@H](C)NC(=O)C2CC2)c1. The molecule has 1 heterocycles. The average molecular weight is 425 g/mol. The van der Waals surface area contributed by atoms with Gasteiger partial charge in [0.15, 0.2) is 11.5 Å². The molecule has 1 saturated carbocycles. The molecule has 0 saturated heterocycles. The van der Waals surface area contributed by atoms with Gasteiger partial charge >= 0.3 is 0 Å². The van der Waals surface area contributed by atoms with Crippen molar-refractivity contribution in [1.29, 1.82) is 0 Å². The number of hydrogen-bond acceptors (Lipinski definition) is 5. The van der Waals surface area contributed by atoms with Crippen molar-refractivity contribution in [3.63, 3.8) is 0 Å². The summed E-state index contributed by atoms with van der Waals surface area (Å²) in [5.41, 5.74) is 3.63. The van der Waals surface area contributed by atoms with E-state index < -0.39 is 0 Å². The molecule has 2 aromatic rings. The third kappa shape index (κ3) is 4.64. The number of methoxy groups -OCH3 is 3. The first kappa shape index (κ1) is 21.5. The minimum absolute atomic E-state index is 0.0316. The standard InChI is InChI=1S/C25H32N2O4/c1-16(26-25(28)18-8-9-18)24-21-14-23(31-4)22(30-3)13-19(21)10-11-27(24)15-17-6-5-7-20(12-17)29-2/h5-7,12-14,16,18,24H,8-11,15H2,1-4H3,(H,26,28)/t16-,24+/m1/s1. The van der Waals surface area contributed by atoms with Gasteiger partial charge in [0.25, 0.3) is 0 Å². The van der Waals surface area contributed by atoms with Crippen molar-refractivity contribution in [1.82, 2.24) is 10.2 Å². The highest BCUT2D eigenvalue weighted by atomic mass is 16.5. The predicted molar refractivity (Wildman–Crippen MR) is 120 cm³/mol. The number of fused-ring (bicyclic) bond motifs is 1. The van der Waals surface area contributed by atoms with E-state index >= 15 is 0 Å². The number of nitrogens with one attached hydrogen (secondary N) is 1.